The highest BCUT2D eigenvalue weighted by molar-refractivity contribution is 7.92. The van der Waals surface area contributed by atoms with Crippen LogP contribution in [0.4, 0.5) is 5.69 Å². The second-order valence-corrected chi connectivity index (χ2v) is 11.0. The summed E-state index contributed by atoms with van der Waals surface area (Å²) < 4.78 is 31.5. The molecule has 0 fully saturated rings. The van der Waals surface area contributed by atoms with E-state index in [4.69, 9.17) is 4.74 Å². The normalized spacial score (nSPS) is 12.2. The van der Waals surface area contributed by atoms with Crippen LogP contribution in [0.25, 0.3) is 0 Å². The topological polar surface area (TPSA) is 96.0 Å². The van der Waals surface area contributed by atoms with Gasteiger partial charge in [-0.3, -0.25) is 13.9 Å². The molecule has 1 unspecified atom stereocenters. The van der Waals surface area contributed by atoms with E-state index in [-0.39, 0.29) is 30.8 Å². The van der Waals surface area contributed by atoms with Crippen molar-refractivity contribution in [3.63, 3.8) is 0 Å². The van der Waals surface area contributed by atoms with Gasteiger partial charge in [0.2, 0.25) is 21.8 Å². The summed E-state index contributed by atoms with van der Waals surface area (Å²) in [7, 11) is -2.05. The smallest absolute Gasteiger partial charge is 0.242 e. The van der Waals surface area contributed by atoms with E-state index < -0.39 is 16.1 Å². The van der Waals surface area contributed by atoms with E-state index in [9.17, 15) is 18.0 Å². The number of methoxy groups -OCH3 is 1. The van der Waals surface area contributed by atoms with Crippen molar-refractivity contribution >= 4 is 27.5 Å². The highest BCUT2D eigenvalue weighted by Gasteiger charge is 2.28. The van der Waals surface area contributed by atoms with Gasteiger partial charge in [0.05, 0.1) is 19.1 Å². The number of hydrogen-bond acceptors (Lipinski definition) is 5. The Hall–Kier alpha value is -3.07. The lowest BCUT2D eigenvalue weighted by Crippen LogP contribution is -2.51. The van der Waals surface area contributed by atoms with Crippen molar-refractivity contribution in [2.24, 2.45) is 0 Å². The highest BCUT2D eigenvalue weighted by atomic mass is 32.2. The molecule has 0 aliphatic rings. The number of anilines is 1. The third-order valence-corrected chi connectivity index (χ3v) is 6.99. The van der Waals surface area contributed by atoms with Crippen LogP contribution in [0.15, 0.2) is 54.6 Å². The van der Waals surface area contributed by atoms with Gasteiger partial charge in [-0.25, -0.2) is 8.42 Å². The van der Waals surface area contributed by atoms with Gasteiger partial charge >= 0.3 is 0 Å². The molecule has 1 atom stereocenters. The Kier molecular flexibility index (Phi) is 11.2. The predicted molar refractivity (Wildman–Crippen MR) is 144 cm³/mol. The maximum Gasteiger partial charge on any atom is 0.242 e. The van der Waals surface area contributed by atoms with Gasteiger partial charge in [-0.15, -0.1) is 0 Å². The Bertz CT molecular complexity index is 1090. The zero-order valence-corrected chi connectivity index (χ0v) is 22.8. The Labute approximate surface area is 215 Å². The minimum atomic E-state index is -3.57. The maximum absolute atomic E-state index is 13.4. The van der Waals surface area contributed by atoms with Crippen LogP contribution in [0.1, 0.15) is 45.6 Å². The predicted octanol–water partition coefficient (Wildman–Crippen LogP) is 3.62. The number of ether oxygens (including phenoxy) is 1. The standard InChI is InChI=1S/C27H39N3O5S/c1-6-25(27(32)28-21(2)3)29(19-17-22-12-8-7-9-13-22)26(31)16-11-18-30(36(5,33)34)23-14-10-15-24(20-23)35-4/h7-10,12-15,20-21,25H,6,11,16-19H2,1-5H3,(H,28,32). The average molecular weight is 518 g/mol. The summed E-state index contributed by atoms with van der Waals surface area (Å²) in [6, 6.07) is 16.0. The van der Waals surface area contributed by atoms with E-state index in [2.05, 4.69) is 5.32 Å². The largest absolute Gasteiger partial charge is 0.497 e. The molecular formula is C27H39N3O5S. The van der Waals surface area contributed by atoms with Crippen LogP contribution >= 0.6 is 0 Å². The first-order valence-corrected chi connectivity index (χ1v) is 14.2. The van der Waals surface area contributed by atoms with Crippen molar-refractivity contribution < 1.29 is 22.7 Å². The minimum Gasteiger partial charge on any atom is -0.497 e. The van der Waals surface area contributed by atoms with Gasteiger partial charge in [0.25, 0.3) is 0 Å². The van der Waals surface area contributed by atoms with Crippen LogP contribution in [-0.4, -0.2) is 63.7 Å². The van der Waals surface area contributed by atoms with Crippen molar-refractivity contribution in [2.75, 3.05) is 30.8 Å². The fraction of sp³-hybridized carbons (Fsp3) is 0.481. The monoisotopic (exact) mass is 517 g/mol. The van der Waals surface area contributed by atoms with E-state index in [1.807, 2.05) is 51.1 Å². The molecule has 0 heterocycles. The van der Waals surface area contributed by atoms with E-state index in [1.165, 1.54) is 11.4 Å². The molecule has 0 radical (unpaired) electrons. The Balaban J connectivity index is 2.16. The quantitative estimate of drug-likeness (QED) is 0.413. The first kappa shape index (κ1) is 29.2. The van der Waals surface area contributed by atoms with Gasteiger partial charge in [-0.2, -0.15) is 0 Å². The van der Waals surface area contributed by atoms with Gasteiger partial charge in [0.1, 0.15) is 11.8 Å². The molecule has 0 aliphatic heterocycles. The number of nitrogens with one attached hydrogen (secondary N) is 1. The number of carbonyl (C=O) groups is 2. The zero-order chi connectivity index (χ0) is 26.7. The summed E-state index contributed by atoms with van der Waals surface area (Å²) in [5.41, 5.74) is 1.56. The van der Waals surface area contributed by atoms with Crippen molar-refractivity contribution in [1.82, 2.24) is 10.2 Å². The van der Waals surface area contributed by atoms with Crippen molar-refractivity contribution in [3.05, 3.63) is 60.2 Å². The van der Waals surface area contributed by atoms with Crippen molar-refractivity contribution in [1.29, 1.82) is 0 Å². The minimum absolute atomic E-state index is 0.0381. The molecule has 0 aliphatic carbocycles. The van der Waals surface area contributed by atoms with Gasteiger partial charge in [-0.1, -0.05) is 43.3 Å². The second kappa shape index (κ2) is 13.9. The molecule has 2 aromatic rings. The first-order chi connectivity index (χ1) is 17.1. The van der Waals surface area contributed by atoms with Crippen LogP contribution in [0, 0.1) is 0 Å². The first-order valence-electron chi connectivity index (χ1n) is 12.3. The zero-order valence-electron chi connectivity index (χ0n) is 21.9. The summed E-state index contributed by atoms with van der Waals surface area (Å²) in [6.45, 7) is 6.21. The van der Waals surface area contributed by atoms with E-state index in [0.717, 1.165) is 11.8 Å². The fourth-order valence-electron chi connectivity index (χ4n) is 4.05. The van der Waals surface area contributed by atoms with Crippen LogP contribution in [-0.2, 0) is 26.0 Å². The van der Waals surface area contributed by atoms with E-state index in [0.29, 0.717) is 37.2 Å². The molecular weight excluding hydrogens is 478 g/mol. The highest BCUT2D eigenvalue weighted by Crippen LogP contribution is 2.23. The van der Waals surface area contributed by atoms with Crippen LogP contribution < -0.4 is 14.4 Å². The number of rotatable bonds is 14. The number of hydrogen-bond donors (Lipinski definition) is 1. The summed E-state index contributed by atoms with van der Waals surface area (Å²) in [5.74, 6) is 0.199. The molecule has 36 heavy (non-hydrogen) atoms. The van der Waals surface area contributed by atoms with Crippen LogP contribution in [0.5, 0.6) is 5.75 Å². The molecule has 0 bridgehead atoms. The Morgan fingerprint density at radius 1 is 1.03 bits per heavy atom. The molecule has 8 nitrogen and oxygen atoms in total. The van der Waals surface area contributed by atoms with Gasteiger partial charge in [0, 0.05) is 31.6 Å². The Morgan fingerprint density at radius 2 is 1.72 bits per heavy atom. The lowest BCUT2D eigenvalue weighted by atomic mass is 10.1. The molecule has 198 valence electrons. The van der Waals surface area contributed by atoms with Gasteiger partial charge in [-0.05, 0) is 50.8 Å². The second-order valence-electron chi connectivity index (χ2n) is 9.05. The Morgan fingerprint density at radius 3 is 2.31 bits per heavy atom. The lowest BCUT2D eigenvalue weighted by Gasteiger charge is -2.31. The van der Waals surface area contributed by atoms with Crippen molar-refractivity contribution in [3.8, 4) is 5.75 Å². The molecule has 2 amide bonds. The molecule has 9 heteroatoms. The third kappa shape index (κ3) is 8.86. The summed E-state index contributed by atoms with van der Waals surface area (Å²) >= 11 is 0. The van der Waals surface area contributed by atoms with E-state index in [1.54, 1.807) is 29.2 Å². The average Bonchev–Trinajstić information content (AvgIpc) is 2.83. The molecule has 0 saturated heterocycles. The maximum atomic E-state index is 13.4. The molecule has 2 aromatic carbocycles. The summed E-state index contributed by atoms with van der Waals surface area (Å²) in [5, 5.41) is 2.92. The summed E-state index contributed by atoms with van der Waals surface area (Å²) in [6.07, 6.45) is 2.68. The van der Waals surface area contributed by atoms with Gasteiger partial charge < -0.3 is 15.0 Å². The molecule has 2 rings (SSSR count). The van der Waals surface area contributed by atoms with Crippen LogP contribution in [0.3, 0.4) is 0 Å². The fourth-order valence-corrected chi connectivity index (χ4v) is 5.00. The molecule has 1 N–H and O–H groups in total. The number of carbonyl (C=O) groups excluding carboxylic acids is 2. The SMILES string of the molecule is CCC(C(=O)NC(C)C)N(CCc1ccccc1)C(=O)CCCN(c1cccc(OC)c1)S(C)(=O)=O. The number of benzene rings is 2. The lowest BCUT2D eigenvalue weighted by molar-refractivity contribution is -0.141. The number of sulfonamides is 1. The number of amides is 2. The third-order valence-electron chi connectivity index (χ3n) is 5.79. The van der Waals surface area contributed by atoms with Crippen LogP contribution in [0.2, 0.25) is 0 Å². The van der Waals surface area contributed by atoms with Gasteiger partial charge in [0.15, 0.2) is 0 Å². The molecule has 0 saturated carbocycles. The summed E-state index contributed by atoms with van der Waals surface area (Å²) in [4.78, 5) is 27.9. The molecule has 0 spiro atoms. The van der Waals surface area contributed by atoms with E-state index >= 15 is 0 Å². The number of nitrogens with zero attached hydrogens (tertiary/aromatic N) is 2. The van der Waals surface area contributed by atoms with Crippen molar-refractivity contribution in [2.45, 2.75) is 58.5 Å². The molecule has 0 aromatic heterocycles.